The molecule has 0 spiro atoms. The topological polar surface area (TPSA) is 37.4 Å². The van der Waals surface area contributed by atoms with Crippen molar-refractivity contribution in [3.63, 3.8) is 0 Å². The molecule has 0 bridgehead atoms. The predicted molar refractivity (Wildman–Crippen MR) is 84.5 cm³/mol. The van der Waals surface area contributed by atoms with E-state index in [4.69, 9.17) is 11.6 Å². The first-order chi connectivity index (χ1) is 8.96. The van der Waals surface area contributed by atoms with E-state index in [9.17, 15) is 8.42 Å². The zero-order chi connectivity index (χ0) is 14.0. The molecule has 0 N–H and O–H groups in total. The van der Waals surface area contributed by atoms with E-state index in [1.54, 1.807) is 22.5 Å². The van der Waals surface area contributed by atoms with Crippen LogP contribution in [0.4, 0.5) is 0 Å². The summed E-state index contributed by atoms with van der Waals surface area (Å²) in [5.74, 6) is 0. The van der Waals surface area contributed by atoms with Crippen molar-refractivity contribution >= 4 is 53.5 Å². The normalized spacial score (nSPS) is 21.5. The molecule has 1 heterocycles. The Morgan fingerprint density at radius 3 is 2.74 bits per heavy atom. The van der Waals surface area contributed by atoms with Crippen LogP contribution >= 0.6 is 43.5 Å². The minimum absolute atomic E-state index is 0.0354. The van der Waals surface area contributed by atoms with E-state index >= 15 is 0 Å². The second kappa shape index (κ2) is 6.43. The average Bonchev–Trinajstić information content (AvgIpc) is 2.41. The number of nitrogens with zero attached hydrogens (tertiary/aromatic N) is 1. The van der Waals surface area contributed by atoms with Gasteiger partial charge in [0.15, 0.2) is 0 Å². The van der Waals surface area contributed by atoms with Crippen molar-refractivity contribution < 1.29 is 8.42 Å². The number of sulfonamides is 1. The molecule has 1 aromatic carbocycles. The number of piperidine rings is 1. The molecule has 0 saturated carbocycles. The van der Waals surface area contributed by atoms with E-state index in [0.29, 0.717) is 21.4 Å². The Kier molecular flexibility index (Phi) is 5.34. The largest absolute Gasteiger partial charge is 0.243 e. The van der Waals surface area contributed by atoms with Gasteiger partial charge in [-0.2, -0.15) is 4.31 Å². The van der Waals surface area contributed by atoms with Crippen molar-refractivity contribution in [2.45, 2.75) is 30.2 Å². The lowest BCUT2D eigenvalue weighted by molar-refractivity contribution is 0.273. The van der Waals surface area contributed by atoms with Crippen LogP contribution in [-0.2, 0) is 10.0 Å². The van der Waals surface area contributed by atoms with Crippen molar-refractivity contribution in [1.29, 1.82) is 0 Å². The second-order valence-corrected chi connectivity index (χ2v) is 8.30. The lowest BCUT2D eigenvalue weighted by Crippen LogP contribution is -2.44. The standard InChI is InChI=1S/C12H14Br2ClNO2S/c13-8-9-3-1-2-6-16(9)19(17,18)10-4-5-12(15)11(14)7-10/h4-5,7,9H,1-3,6,8H2. The highest BCUT2D eigenvalue weighted by molar-refractivity contribution is 9.10. The van der Waals surface area contributed by atoms with Gasteiger partial charge in [0.25, 0.3) is 0 Å². The number of benzene rings is 1. The third-order valence-corrected chi connectivity index (χ3v) is 7.16. The maximum absolute atomic E-state index is 12.7. The molecule has 3 nitrogen and oxygen atoms in total. The minimum Gasteiger partial charge on any atom is -0.207 e. The fourth-order valence-corrected chi connectivity index (χ4v) is 5.45. The molecule has 0 amide bonds. The molecule has 2 rings (SSSR count). The molecule has 0 aromatic heterocycles. The fourth-order valence-electron chi connectivity index (χ4n) is 2.22. The van der Waals surface area contributed by atoms with Crippen LogP contribution in [0.5, 0.6) is 0 Å². The van der Waals surface area contributed by atoms with E-state index in [-0.39, 0.29) is 10.9 Å². The maximum Gasteiger partial charge on any atom is 0.243 e. The quantitative estimate of drug-likeness (QED) is 0.678. The fraction of sp³-hybridized carbons (Fsp3) is 0.500. The summed E-state index contributed by atoms with van der Waals surface area (Å²) in [6.07, 6.45) is 2.89. The van der Waals surface area contributed by atoms with Gasteiger partial charge in [-0.1, -0.05) is 34.0 Å². The van der Waals surface area contributed by atoms with E-state index in [1.165, 1.54) is 0 Å². The molecule has 19 heavy (non-hydrogen) atoms. The Morgan fingerprint density at radius 2 is 2.11 bits per heavy atom. The van der Waals surface area contributed by atoms with Gasteiger partial charge in [0, 0.05) is 22.4 Å². The minimum atomic E-state index is -3.45. The summed E-state index contributed by atoms with van der Waals surface area (Å²) in [6.45, 7) is 0.582. The van der Waals surface area contributed by atoms with Crippen LogP contribution in [0, 0.1) is 0 Å². The highest BCUT2D eigenvalue weighted by atomic mass is 79.9. The Labute approximate surface area is 135 Å². The van der Waals surface area contributed by atoms with Crippen LogP contribution in [0.25, 0.3) is 0 Å². The molecule has 0 aliphatic carbocycles. The number of alkyl halides is 1. The van der Waals surface area contributed by atoms with Crippen molar-refractivity contribution in [1.82, 2.24) is 4.31 Å². The molecule has 1 saturated heterocycles. The highest BCUT2D eigenvalue weighted by Crippen LogP contribution is 2.30. The number of halogens is 3. The molecule has 1 aliphatic heterocycles. The first kappa shape index (κ1) is 15.8. The van der Waals surface area contributed by atoms with E-state index < -0.39 is 10.0 Å². The van der Waals surface area contributed by atoms with Gasteiger partial charge >= 0.3 is 0 Å². The summed E-state index contributed by atoms with van der Waals surface area (Å²) in [7, 11) is -3.45. The summed E-state index contributed by atoms with van der Waals surface area (Å²) in [5.41, 5.74) is 0. The SMILES string of the molecule is O=S(=O)(c1ccc(Cl)c(Br)c1)N1CCCCC1CBr. The maximum atomic E-state index is 12.7. The first-order valence-corrected chi connectivity index (χ1v) is 9.73. The number of hydrogen-bond acceptors (Lipinski definition) is 2. The second-order valence-electron chi connectivity index (χ2n) is 4.50. The van der Waals surface area contributed by atoms with Crippen LogP contribution in [0.2, 0.25) is 5.02 Å². The first-order valence-electron chi connectivity index (χ1n) is 5.99. The Morgan fingerprint density at radius 1 is 1.37 bits per heavy atom. The van der Waals surface area contributed by atoms with Crippen LogP contribution in [-0.4, -0.2) is 30.6 Å². The Balaban J connectivity index is 2.37. The molecule has 1 aromatic rings. The van der Waals surface area contributed by atoms with Gasteiger partial charge in [-0.3, -0.25) is 0 Å². The summed E-state index contributed by atoms with van der Waals surface area (Å²) >= 11 is 12.6. The lowest BCUT2D eigenvalue weighted by atomic mass is 10.1. The number of rotatable bonds is 3. The van der Waals surface area contributed by atoms with Gasteiger partial charge in [-0.05, 0) is 47.0 Å². The zero-order valence-corrected chi connectivity index (χ0v) is 14.9. The van der Waals surface area contributed by atoms with Crippen molar-refractivity contribution in [3.05, 3.63) is 27.7 Å². The third-order valence-electron chi connectivity index (χ3n) is 3.25. The third kappa shape index (κ3) is 3.35. The van der Waals surface area contributed by atoms with Crippen LogP contribution in [0.3, 0.4) is 0 Å². The predicted octanol–water partition coefficient (Wildman–Crippen LogP) is 4.04. The Hall–Kier alpha value is 0.380. The van der Waals surface area contributed by atoms with Crippen molar-refractivity contribution in [2.24, 2.45) is 0 Å². The molecule has 106 valence electrons. The van der Waals surface area contributed by atoms with Crippen LogP contribution < -0.4 is 0 Å². The summed E-state index contributed by atoms with van der Waals surface area (Å²) in [4.78, 5) is 0.289. The van der Waals surface area contributed by atoms with Crippen LogP contribution in [0.1, 0.15) is 19.3 Å². The van der Waals surface area contributed by atoms with Gasteiger partial charge in [0.2, 0.25) is 10.0 Å². The van der Waals surface area contributed by atoms with Gasteiger partial charge < -0.3 is 0 Å². The average molecular weight is 432 g/mol. The van der Waals surface area contributed by atoms with Gasteiger partial charge in [-0.15, -0.1) is 0 Å². The smallest absolute Gasteiger partial charge is 0.207 e. The van der Waals surface area contributed by atoms with E-state index in [0.717, 1.165) is 19.3 Å². The molecule has 7 heteroatoms. The lowest BCUT2D eigenvalue weighted by Gasteiger charge is -2.33. The summed E-state index contributed by atoms with van der Waals surface area (Å²) in [6, 6.07) is 4.76. The van der Waals surface area contributed by atoms with Crippen LogP contribution in [0.15, 0.2) is 27.6 Å². The molecule has 1 unspecified atom stereocenters. The molecular weight excluding hydrogens is 417 g/mol. The molecular formula is C12H14Br2ClNO2S. The molecule has 1 aliphatic rings. The van der Waals surface area contributed by atoms with E-state index in [2.05, 4.69) is 31.9 Å². The summed E-state index contributed by atoms with van der Waals surface area (Å²) in [5, 5.41) is 1.18. The summed E-state index contributed by atoms with van der Waals surface area (Å²) < 4.78 is 27.5. The van der Waals surface area contributed by atoms with Gasteiger partial charge in [-0.25, -0.2) is 8.42 Å². The van der Waals surface area contributed by atoms with Crippen molar-refractivity contribution in [3.8, 4) is 0 Å². The molecule has 1 fully saturated rings. The molecule has 1 atom stereocenters. The zero-order valence-electron chi connectivity index (χ0n) is 10.2. The van der Waals surface area contributed by atoms with Gasteiger partial charge in [0.1, 0.15) is 0 Å². The monoisotopic (exact) mass is 429 g/mol. The van der Waals surface area contributed by atoms with E-state index in [1.807, 2.05) is 0 Å². The Bertz CT molecular complexity index is 565. The van der Waals surface area contributed by atoms with Crippen molar-refractivity contribution in [2.75, 3.05) is 11.9 Å². The number of hydrogen-bond donors (Lipinski definition) is 0. The van der Waals surface area contributed by atoms with Gasteiger partial charge in [0.05, 0.1) is 9.92 Å². The molecule has 0 radical (unpaired) electrons. The highest BCUT2D eigenvalue weighted by Gasteiger charge is 2.32.